The molecule has 0 aliphatic heterocycles. The molecule has 0 atom stereocenters. The Hall–Kier alpha value is -2.02. The molecule has 0 bridgehead atoms. The summed E-state index contributed by atoms with van der Waals surface area (Å²) in [6, 6.07) is 2.99. The Morgan fingerprint density at radius 1 is 1.53 bits per heavy atom. The monoisotopic (exact) mass is 268 g/mol. The predicted molar refractivity (Wildman–Crippen MR) is 64.1 cm³/mol. The van der Waals surface area contributed by atoms with Gasteiger partial charge in [-0.05, 0) is 25.0 Å². The molecule has 0 spiro atoms. The van der Waals surface area contributed by atoms with Gasteiger partial charge in [-0.1, -0.05) is 0 Å². The molecule has 102 valence electrons. The predicted octanol–water partition coefficient (Wildman–Crippen LogP) is 1.24. The van der Waals surface area contributed by atoms with E-state index >= 15 is 0 Å². The second-order valence-corrected chi connectivity index (χ2v) is 4.76. The highest BCUT2D eigenvalue weighted by Gasteiger charge is 2.42. The molecule has 0 radical (unpaired) electrons. The van der Waals surface area contributed by atoms with Crippen LogP contribution < -0.4 is 5.32 Å². The number of halogens is 1. The Kier molecular flexibility index (Phi) is 3.48. The zero-order valence-electron chi connectivity index (χ0n) is 10.1. The first-order valence-corrected chi connectivity index (χ1v) is 5.80. The van der Waals surface area contributed by atoms with Crippen LogP contribution in [-0.2, 0) is 0 Å². The summed E-state index contributed by atoms with van der Waals surface area (Å²) in [6.45, 7) is 0.310. The SMILES string of the molecule is O=C(NCC1(CO)CC1)c1ccc(F)c([N+](=O)[O-])c1. The lowest BCUT2D eigenvalue weighted by Crippen LogP contribution is -2.31. The normalized spacial score (nSPS) is 15.9. The first-order valence-electron chi connectivity index (χ1n) is 5.80. The van der Waals surface area contributed by atoms with Crippen molar-refractivity contribution >= 4 is 11.6 Å². The quantitative estimate of drug-likeness (QED) is 0.620. The van der Waals surface area contributed by atoms with E-state index in [-0.39, 0.29) is 17.6 Å². The molecule has 0 saturated heterocycles. The van der Waals surface area contributed by atoms with Crippen LogP contribution in [0, 0.1) is 21.3 Å². The van der Waals surface area contributed by atoms with Gasteiger partial charge in [0.1, 0.15) is 0 Å². The van der Waals surface area contributed by atoms with Crippen LogP contribution in [0.4, 0.5) is 10.1 Å². The molecule has 0 aromatic heterocycles. The topological polar surface area (TPSA) is 92.5 Å². The molecule has 1 saturated carbocycles. The second-order valence-electron chi connectivity index (χ2n) is 4.76. The number of nitro groups is 1. The van der Waals surface area contributed by atoms with E-state index < -0.39 is 22.3 Å². The van der Waals surface area contributed by atoms with E-state index in [4.69, 9.17) is 5.11 Å². The van der Waals surface area contributed by atoms with Gasteiger partial charge < -0.3 is 10.4 Å². The molecule has 1 aliphatic rings. The minimum absolute atomic E-state index is 0.00313. The number of nitrogens with zero attached hydrogens (tertiary/aromatic N) is 1. The number of benzene rings is 1. The van der Waals surface area contributed by atoms with Gasteiger partial charge in [0.25, 0.3) is 5.91 Å². The van der Waals surface area contributed by atoms with Gasteiger partial charge in [-0.3, -0.25) is 14.9 Å². The third kappa shape index (κ3) is 2.87. The van der Waals surface area contributed by atoms with Gasteiger partial charge in [-0.25, -0.2) is 0 Å². The lowest BCUT2D eigenvalue weighted by atomic mass is 10.1. The van der Waals surface area contributed by atoms with Gasteiger partial charge in [0.15, 0.2) is 0 Å². The summed E-state index contributed by atoms with van der Waals surface area (Å²) in [6.07, 6.45) is 1.68. The number of amides is 1. The fourth-order valence-electron chi connectivity index (χ4n) is 1.73. The average molecular weight is 268 g/mol. The summed E-state index contributed by atoms with van der Waals surface area (Å²) in [4.78, 5) is 21.5. The zero-order valence-corrected chi connectivity index (χ0v) is 10.1. The lowest BCUT2D eigenvalue weighted by molar-refractivity contribution is -0.387. The molecule has 1 fully saturated rings. The number of nitrogens with one attached hydrogen (secondary N) is 1. The number of aliphatic hydroxyl groups is 1. The molecule has 6 nitrogen and oxygen atoms in total. The van der Waals surface area contributed by atoms with Crippen LogP contribution in [0.1, 0.15) is 23.2 Å². The van der Waals surface area contributed by atoms with Gasteiger partial charge >= 0.3 is 5.69 Å². The molecular formula is C12H13FN2O4. The van der Waals surface area contributed by atoms with Crippen LogP contribution in [0.15, 0.2) is 18.2 Å². The second kappa shape index (κ2) is 4.93. The molecule has 1 aromatic carbocycles. The molecule has 0 heterocycles. The Balaban J connectivity index is 2.07. The van der Waals surface area contributed by atoms with Gasteiger partial charge in [-0.15, -0.1) is 0 Å². The largest absolute Gasteiger partial charge is 0.396 e. The summed E-state index contributed by atoms with van der Waals surface area (Å²) in [5, 5.41) is 22.3. The highest BCUT2D eigenvalue weighted by Crippen LogP contribution is 2.44. The van der Waals surface area contributed by atoms with Crippen molar-refractivity contribution in [1.82, 2.24) is 5.32 Å². The van der Waals surface area contributed by atoms with Crippen molar-refractivity contribution in [1.29, 1.82) is 0 Å². The van der Waals surface area contributed by atoms with E-state index in [1.807, 2.05) is 0 Å². The molecule has 1 amide bonds. The molecule has 7 heteroatoms. The molecule has 1 aromatic rings. The molecule has 1 aliphatic carbocycles. The summed E-state index contributed by atoms with van der Waals surface area (Å²) in [5.74, 6) is -1.49. The van der Waals surface area contributed by atoms with Crippen molar-refractivity contribution in [3.8, 4) is 0 Å². The molecule has 19 heavy (non-hydrogen) atoms. The molecule has 2 rings (SSSR count). The first-order chi connectivity index (χ1) is 8.97. The minimum atomic E-state index is -0.976. The maximum Gasteiger partial charge on any atom is 0.305 e. The molecule has 2 N–H and O–H groups in total. The number of rotatable bonds is 5. The van der Waals surface area contributed by atoms with Gasteiger partial charge in [0.05, 0.1) is 11.5 Å². The summed E-state index contributed by atoms with van der Waals surface area (Å²) in [5.41, 5.74) is -0.945. The van der Waals surface area contributed by atoms with Crippen molar-refractivity contribution in [3.05, 3.63) is 39.7 Å². The third-order valence-corrected chi connectivity index (χ3v) is 3.32. The Morgan fingerprint density at radius 2 is 2.21 bits per heavy atom. The summed E-state index contributed by atoms with van der Waals surface area (Å²) < 4.78 is 13.1. The van der Waals surface area contributed by atoms with Gasteiger partial charge in [-0.2, -0.15) is 4.39 Å². The van der Waals surface area contributed by atoms with Gasteiger partial charge in [0, 0.05) is 23.6 Å². The van der Waals surface area contributed by atoms with E-state index in [1.165, 1.54) is 6.07 Å². The molecular weight excluding hydrogens is 255 g/mol. The minimum Gasteiger partial charge on any atom is -0.396 e. The first kappa shape index (κ1) is 13.4. The highest BCUT2D eigenvalue weighted by atomic mass is 19.1. The van der Waals surface area contributed by atoms with Crippen LogP contribution in [0.2, 0.25) is 0 Å². The molecule has 0 unspecified atom stereocenters. The van der Waals surface area contributed by atoms with E-state index in [9.17, 15) is 19.3 Å². The fraction of sp³-hybridized carbons (Fsp3) is 0.417. The summed E-state index contributed by atoms with van der Waals surface area (Å²) in [7, 11) is 0. The van der Waals surface area contributed by atoms with Crippen molar-refractivity contribution < 1.29 is 19.2 Å². The van der Waals surface area contributed by atoms with Crippen LogP contribution in [0.3, 0.4) is 0 Å². The van der Waals surface area contributed by atoms with E-state index in [2.05, 4.69) is 5.32 Å². The zero-order chi connectivity index (χ0) is 14.0. The highest BCUT2D eigenvalue weighted by molar-refractivity contribution is 5.94. The number of nitro benzene ring substituents is 1. The number of aliphatic hydroxyl groups excluding tert-OH is 1. The standard InChI is InChI=1S/C12H13FN2O4/c13-9-2-1-8(5-10(9)15(18)19)11(17)14-6-12(7-16)3-4-12/h1-2,5,16H,3-4,6-7H2,(H,14,17). The van der Waals surface area contributed by atoms with Gasteiger partial charge in [0.2, 0.25) is 5.82 Å². The van der Waals surface area contributed by atoms with E-state index in [0.29, 0.717) is 6.54 Å². The Bertz CT molecular complexity index is 528. The average Bonchev–Trinajstić information content (AvgIpc) is 3.17. The number of hydrogen-bond donors (Lipinski definition) is 2. The van der Waals surface area contributed by atoms with E-state index in [1.54, 1.807) is 0 Å². The van der Waals surface area contributed by atoms with Crippen LogP contribution in [-0.4, -0.2) is 29.1 Å². The summed E-state index contributed by atoms with van der Waals surface area (Å²) >= 11 is 0. The number of carbonyl (C=O) groups is 1. The van der Waals surface area contributed by atoms with Crippen LogP contribution >= 0.6 is 0 Å². The van der Waals surface area contributed by atoms with Crippen molar-refractivity contribution in [2.45, 2.75) is 12.8 Å². The maximum absolute atomic E-state index is 13.1. The van der Waals surface area contributed by atoms with Crippen molar-refractivity contribution in [2.75, 3.05) is 13.2 Å². The Labute approximate surface area is 108 Å². The van der Waals surface area contributed by atoms with Crippen LogP contribution in [0.5, 0.6) is 0 Å². The third-order valence-electron chi connectivity index (χ3n) is 3.32. The fourth-order valence-corrected chi connectivity index (χ4v) is 1.73. The number of hydrogen-bond acceptors (Lipinski definition) is 4. The number of carbonyl (C=O) groups excluding carboxylic acids is 1. The van der Waals surface area contributed by atoms with Crippen molar-refractivity contribution in [2.24, 2.45) is 5.41 Å². The van der Waals surface area contributed by atoms with Crippen LogP contribution in [0.25, 0.3) is 0 Å². The van der Waals surface area contributed by atoms with E-state index in [0.717, 1.165) is 25.0 Å². The lowest BCUT2D eigenvalue weighted by Gasteiger charge is -2.12. The Morgan fingerprint density at radius 3 is 2.74 bits per heavy atom. The van der Waals surface area contributed by atoms with Crippen molar-refractivity contribution in [3.63, 3.8) is 0 Å². The smallest absolute Gasteiger partial charge is 0.305 e. The maximum atomic E-state index is 13.1.